The molecule has 0 atom stereocenters. The molecule has 0 aliphatic rings. The summed E-state index contributed by atoms with van der Waals surface area (Å²) < 4.78 is 8.00. The van der Waals surface area contributed by atoms with E-state index in [0.29, 0.717) is 25.0 Å². The highest BCUT2D eigenvalue weighted by molar-refractivity contribution is 14.0. The number of aryl methyl sites for hydroxylation is 1. The molecule has 0 saturated carbocycles. The van der Waals surface area contributed by atoms with Crippen LogP contribution in [0.1, 0.15) is 37.2 Å². The maximum absolute atomic E-state index is 6.04. The molecule has 7 nitrogen and oxygen atoms in total. The van der Waals surface area contributed by atoms with Crippen molar-refractivity contribution in [3.05, 3.63) is 59.5 Å². The van der Waals surface area contributed by atoms with E-state index in [4.69, 9.17) is 4.74 Å². The summed E-state index contributed by atoms with van der Waals surface area (Å²) in [6.07, 6.45) is 2.99. The van der Waals surface area contributed by atoms with Crippen LogP contribution < -0.4 is 15.4 Å². The van der Waals surface area contributed by atoms with Gasteiger partial charge in [0.2, 0.25) is 0 Å². The third kappa shape index (κ3) is 6.58. The molecule has 2 heterocycles. The third-order valence-electron chi connectivity index (χ3n) is 4.64. The monoisotopic (exact) mass is 522 g/mol. The molecule has 2 aromatic heterocycles. The number of nitrogens with zero attached hydrogens (tertiary/aromatic N) is 4. The summed E-state index contributed by atoms with van der Waals surface area (Å²) in [7, 11) is 1.76. The summed E-state index contributed by atoms with van der Waals surface area (Å²) in [6.45, 7) is 8.36. The van der Waals surface area contributed by atoms with Crippen molar-refractivity contribution < 1.29 is 4.74 Å². The third-order valence-corrected chi connectivity index (χ3v) is 4.64. The Balaban J connectivity index is 0.00000320. The van der Waals surface area contributed by atoms with E-state index in [1.165, 1.54) is 5.56 Å². The molecule has 3 rings (SSSR count). The van der Waals surface area contributed by atoms with Gasteiger partial charge in [-0.15, -0.1) is 34.2 Å². The van der Waals surface area contributed by atoms with E-state index in [2.05, 4.69) is 64.8 Å². The molecule has 162 valence electrons. The molecule has 0 spiro atoms. The fourth-order valence-electron chi connectivity index (χ4n) is 2.92. The Morgan fingerprint density at radius 3 is 2.70 bits per heavy atom. The first kappa shape index (κ1) is 23.9. The lowest BCUT2D eigenvalue weighted by Gasteiger charge is -2.16. The predicted molar refractivity (Wildman–Crippen MR) is 132 cm³/mol. The van der Waals surface area contributed by atoms with Gasteiger partial charge in [0.05, 0.1) is 13.2 Å². The van der Waals surface area contributed by atoms with E-state index in [-0.39, 0.29) is 24.0 Å². The summed E-state index contributed by atoms with van der Waals surface area (Å²) in [5.41, 5.74) is 3.12. The van der Waals surface area contributed by atoms with Crippen molar-refractivity contribution in [2.45, 2.75) is 40.3 Å². The van der Waals surface area contributed by atoms with Gasteiger partial charge in [-0.05, 0) is 43.0 Å². The van der Waals surface area contributed by atoms with Crippen LogP contribution >= 0.6 is 24.0 Å². The van der Waals surface area contributed by atoms with Crippen LogP contribution in [0, 0.1) is 12.8 Å². The second-order valence-electron chi connectivity index (χ2n) is 7.47. The van der Waals surface area contributed by atoms with Crippen LogP contribution in [0.3, 0.4) is 0 Å². The second-order valence-corrected chi connectivity index (χ2v) is 7.47. The summed E-state index contributed by atoms with van der Waals surface area (Å²) in [5, 5.41) is 15.1. The van der Waals surface area contributed by atoms with Gasteiger partial charge in [0.1, 0.15) is 5.75 Å². The number of aromatic nitrogens is 3. The molecule has 0 radical (unpaired) electrons. The number of hydrogen-bond acceptors (Lipinski definition) is 4. The minimum absolute atomic E-state index is 0. The smallest absolute Gasteiger partial charge is 0.191 e. The summed E-state index contributed by atoms with van der Waals surface area (Å²) in [4.78, 5) is 4.31. The van der Waals surface area contributed by atoms with Gasteiger partial charge in [0, 0.05) is 25.4 Å². The number of aliphatic imine (C=N–C) groups is 1. The fourth-order valence-corrected chi connectivity index (χ4v) is 2.92. The van der Waals surface area contributed by atoms with Crippen LogP contribution in [0.5, 0.6) is 5.75 Å². The molecule has 1 aromatic carbocycles. The summed E-state index contributed by atoms with van der Waals surface area (Å²) in [6, 6.07) is 12.1. The van der Waals surface area contributed by atoms with Crippen molar-refractivity contribution in [2.75, 3.05) is 13.7 Å². The van der Waals surface area contributed by atoms with Gasteiger partial charge >= 0.3 is 0 Å². The number of guanidine groups is 1. The standard InChI is InChI=1S/C22H30N6O.HI/c1-16(2)10-12-29-19-13-17(3)8-9-18(19)14-24-22(23-4)25-15-21-27-26-20-7-5-6-11-28(20)21;/h5-9,11,13,16H,10,12,14-15H2,1-4H3,(H2,23,24,25);1H. The molecule has 3 aromatic rings. The highest BCUT2D eigenvalue weighted by Crippen LogP contribution is 2.21. The number of nitrogens with one attached hydrogen (secondary N) is 2. The van der Waals surface area contributed by atoms with Gasteiger partial charge < -0.3 is 15.4 Å². The number of pyridine rings is 1. The van der Waals surface area contributed by atoms with Gasteiger partial charge in [-0.3, -0.25) is 9.39 Å². The number of ether oxygens (including phenoxy) is 1. The van der Waals surface area contributed by atoms with E-state index in [1.807, 2.05) is 28.8 Å². The number of benzene rings is 1. The zero-order chi connectivity index (χ0) is 20.6. The van der Waals surface area contributed by atoms with Gasteiger partial charge in [-0.2, -0.15) is 0 Å². The van der Waals surface area contributed by atoms with E-state index in [9.17, 15) is 0 Å². The zero-order valence-electron chi connectivity index (χ0n) is 18.1. The molecular weight excluding hydrogens is 491 g/mol. The van der Waals surface area contributed by atoms with Gasteiger partial charge in [0.25, 0.3) is 0 Å². The normalized spacial score (nSPS) is 11.4. The SMILES string of the molecule is CN=C(NCc1ccc(C)cc1OCCC(C)C)NCc1nnc2ccccn12.I. The van der Waals surface area contributed by atoms with Gasteiger partial charge in [0.15, 0.2) is 17.4 Å². The zero-order valence-corrected chi connectivity index (χ0v) is 20.4. The molecular formula is C22H31IN6O. The highest BCUT2D eigenvalue weighted by atomic mass is 127. The Hall–Kier alpha value is -2.36. The minimum Gasteiger partial charge on any atom is -0.493 e. The van der Waals surface area contributed by atoms with Crippen LogP contribution in [0.25, 0.3) is 5.65 Å². The lowest BCUT2D eigenvalue weighted by molar-refractivity contribution is 0.286. The number of rotatable bonds is 8. The lowest BCUT2D eigenvalue weighted by Crippen LogP contribution is -2.36. The van der Waals surface area contributed by atoms with Crippen molar-refractivity contribution >= 4 is 35.6 Å². The first-order valence-electron chi connectivity index (χ1n) is 10.0. The maximum Gasteiger partial charge on any atom is 0.191 e. The van der Waals surface area contributed by atoms with Crippen LogP contribution in [-0.4, -0.2) is 34.2 Å². The average molecular weight is 522 g/mol. The first-order valence-corrected chi connectivity index (χ1v) is 10.0. The molecule has 2 N–H and O–H groups in total. The van der Waals surface area contributed by atoms with Crippen molar-refractivity contribution in [3.8, 4) is 5.75 Å². The Morgan fingerprint density at radius 1 is 1.13 bits per heavy atom. The second kappa shape index (κ2) is 11.7. The maximum atomic E-state index is 6.04. The Morgan fingerprint density at radius 2 is 1.93 bits per heavy atom. The van der Waals surface area contributed by atoms with Crippen LogP contribution in [-0.2, 0) is 13.1 Å². The summed E-state index contributed by atoms with van der Waals surface area (Å²) in [5.74, 6) is 3.08. The predicted octanol–water partition coefficient (Wildman–Crippen LogP) is 3.95. The number of fused-ring (bicyclic) bond motifs is 1. The van der Waals surface area contributed by atoms with Crippen molar-refractivity contribution in [3.63, 3.8) is 0 Å². The number of hydrogen-bond donors (Lipinski definition) is 2. The Kier molecular flexibility index (Phi) is 9.35. The van der Waals surface area contributed by atoms with Crippen LogP contribution in [0.2, 0.25) is 0 Å². The molecule has 30 heavy (non-hydrogen) atoms. The van der Waals surface area contributed by atoms with Crippen LogP contribution in [0.4, 0.5) is 0 Å². The molecule has 0 aliphatic carbocycles. The van der Waals surface area contributed by atoms with Crippen LogP contribution in [0.15, 0.2) is 47.6 Å². The van der Waals surface area contributed by atoms with E-state index in [1.54, 1.807) is 7.05 Å². The highest BCUT2D eigenvalue weighted by Gasteiger charge is 2.08. The van der Waals surface area contributed by atoms with Crippen molar-refractivity contribution in [1.29, 1.82) is 0 Å². The molecule has 0 unspecified atom stereocenters. The molecule has 0 amide bonds. The first-order chi connectivity index (χ1) is 14.1. The van der Waals surface area contributed by atoms with Gasteiger partial charge in [-0.1, -0.05) is 32.0 Å². The molecule has 0 bridgehead atoms. The van der Waals surface area contributed by atoms with E-state index < -0.39 is 0 Å². The molecule has 8 heteroatoms. The molecule has 0 saturated heterocycles. The summed E-state index contributed by atoms with van der Waals surface area (Å²) >= 11 is 0. The molecule has 0 aliphatic heterocycles. The molecule has 0 fully saturated rings. The Labute approximate surface area is 195 Å². The van der Waals surface area contributed by atoms with E-state index >= 15 is 0 Å². The van der Waals surface area contributed by atoms with Gasteiger partial charge in [-0.25, -0.2) is 0 Å². The van der Waals surface area contributed by atoms with E-state index in [0.717, 1.165) is 35.8 Å². The Bertz CT molecular complexity index is 969. The lowest BCUT2D eigenvalue weighted by atomic mass is 10.1. The average Bonchev–Trinajstić information content (AvgIpc) is 3.12. The minimum atomic E-state index is 0. The number of halogens is 1. The quantitative estimate of drug-likeness (QED) is 0.266. The topological polar surface area (TPSA) is 75.8 Å². The van der Waals surface area contributed by atoms with Crippen molar-refractivity contribution in [2.24, 2.45) is 10.9 Å². The van der Waals surface area contributed by atoms with Crippen molar-refractivity contribution in [1.82, 2.24) is 25.2 Å². The fraction of sp³-hybridized carbons (Fsp3) is 0.409. The largest absolute Gasteiger partial charge is 0.493 e.